The summed E-state index contributed by atoms with van der Waals surface area (Å²) in [4.78, 5) is 4.41. The molecule has 0 radical (unpaired) electrons. The lowest BCUT2D eigenvalue weighted by Gasteiger charge is -2.10. The number of hydrogen-bond acceptors (Lipinski definition) is 4. The summed E-state index contributed by atoms with van der Waals surface area (Å²) < 4.78 is 5.12. The second kappa shape index (κ2) is 5.71. The zero-order chi connectivity index (χ0) is 14.7. The fraction of sp³-hybridized carbons (Fsp3) is 0.118. The molecule has 21 heavy (non-hydrogen) atoms. The lowest BCUT2D eigenvalue weighted by Crippen LogP contribution is -2.01. The number of phenols is 1. The maximum absolute atomic E-state index is 9.61. The molecule has 0 aliphatic heterocycles. The fourth-order valence-corrected chi connectivity index (χ4v) is 2.28. The molecule has 0 aliphatic rings. The van der Waals surface area contributed by atoms with Crippen molar-refractivity contribution in [3.8, 4) is 11.5 Å². The number of phenolic OH excluding ortho intramolecular Hbond substituents is 1. The predicted octanol–water partition coefficient (Wildman–Crippen LogP) is 3.56. The van der Waals surface area contributed by atoms with Gasteiger partial charge in [0.05, 0.1) is 18.3 Å². The van der Waals surface area contributed by atoms with Crippen molar-refractivity contribution in [3.63, 3.8) is 0 Å². The first-order chi connectivity index (χ1) is 10.3. The van der Waals surface area contributed by atoms with Crippen LogP contribution in [0.15, 0.2) is 54.7 Å². The Morgan fingerprint density at radius 2 is 2.00 bits per heavy atom. The van der Waals surface area contributed by atoms with Gasteiger partial charge in [0, 0.05) is 18.1 Å². The molecule has 0 saturated heterocycles. The number of ether oxygens (including phenoxy) is 1. The highest BCUT2D eigenvalue weighted by Crippen LogP contribution is 2.27. The topological polar surface area (TPSA) is 54.4 Å². The van der Waals surface area contributed by atoms with Crippen molar-refractivity contribution in [2.45, 2.75) is 6.54 Å². The van der Waals surface area contributed by atoms with E-state index in [-0.39, 0.29) is 5.75 Å². The molecule has 0 unspecified atom stereocenters. The average Bonchev–Trinajstić information content (AvgIpc) is 2.54. The van der Waals surface area contributed by atoms with Crippen LogP contribution < -0.4 is 10.1 Å². The number of aromatic nitrogens is 1. The highest BCUT2D eigenvalue weighted by Gasteiger charge is 2.04. The SMILES string of the molecule is COc1cc(CNc2cccc3cccnc23)ccc1O. The summed E-state index contributed by atoms with van der Waals surface area (Å²) in [6.45, 7) is 0.631. The van der Waals surface area contributed by atoms with Crippen molar-refractivity contribution in [1.82, 2.24) is 4.98 Å². The number of methoxy groups -OCH3 is 1. The van der Waals surface area contributed by atoms with E-state index in [9.17, 15) is 5.11 Å². The first-order valence-electron chi connectivity index (χ1n) is 6.71. The summed E-state index contributed by atoms with van der Waals surface area (Å²) in [5.74, 6) is 0.624. The van der Waals surface area contributed by atoms with Gasteiger partial charge in [0.25, 0.3) is 0 Å². The Hall–Kier alpha value is -2.75. The van der Waals surface area contributed by atoms with Crippen LogP contribution in [0.1, 0.15) is 5.56 Å². The van der Waals surface area contributed by atoms with Crippen molar-refractivity contribution in [2.24, 2.45) is 0 Å². The van der Waals surface area contributed by atoms with E-state index in [1.165, 1.54) is 0 Å². The highest BCUT2D eigenvalue weighted by molar-refractivity contribution is 5.90. The Labute approximate surface area is 123 Å². The van der Waals surface area contributed by atoms with Crippen LogP contribution in [0.4, 0.5) is 5.69 Å². The van der Waals surface area contributed by atoms with Gasteiger partial charge in [-0.3, -0.25) is 4.98 Å². The minimum atomic E-state index is 0.146. The smallest absolute Gasteiger partial charge is 0.160 e. The third-order valence-corrected chi connectivity index (χ3v) is 3.36. The predicted molar refractivity (Wildman–Crippen MR) is 83.7 cm³/mol. The molecule has 0 atom stereocenters. The van der Waals surface area contributed by atoms with Gasteiger partial charge >= 0.3 is 0 Å². The van der Waals surface area contributed by atoms with Gasteiger partial charge in [-0.1, -0.05) is 24.3 Å². The number of nitrogens with one attached hydrogen (secondary N) is 1. The second-order valence-corrected chi connectivity index (χ2v) is 4.74. The molecule has 0 fully saturated rings. The van der Waals surface area contributed by atoms with Crippen molar-refractivity contribution in [1.29, 1.82) is 0 Å². The number of fused-ring (bicyclic) bond motifs is 1. The zero-order valence-corrected chi connectivity index (χ0v) is 11.7. The van der Waals surface area contributed by atoms with Gasteiger partial charge in [-0.15, -0.1) is 0 Å². The average molecular weight is 280 g/mol. The number of anilines is 1. The summed E-state index contributed by atoms with van der Waals surface area (Å²) in [5, 5.41) is 14.1. The molecule has 0 bridgehead atoms. The van der Waals surface area contributed by atoms with Crippen molar-refractivity contribution >= 4 is 16.6 Å². The van der Waals surface area contributed by atoms with E-state index >= 15 is 0 Å². The van der Waals surface area contributed by atoms with E-state index in [2.05, 4.69) is 10.3 Å². The maximum atomic E-state index is 9.61. The van der Waals surface area contributed by atoms with Crippen LogP contribution in [0.25, 0.3) is 10.9 Å². The number of aromatic hydroxyl groups is 1. The van der Waals surface area contributed by atoms with Crippen LogP contribution in [0.2, 0.25) is 0 Å². The largest absolute Gasteiger partial charge is 0.504 e. The quantitative estimate of drug-likeness (QED) is 0.767. The Balaban J connectivity index is 1.83. The molecule has 0 spiro atoms. The van der Waals surface area contributed by atoms with E-state index in [4.69, 9.17) is 4.74 Å². The van der Waals surface area contributed by atoms with Crippen LogP contribution in [0, 0.1) is 0 Å². The van der Waals surface area contributed by atoms with E-state index < -0.39 is 0 Å². The van der Waals surface area contributed by atoms with Gasteiger partial charge in [0.15, 0.2) is 11.5 Å². The number of benzene rings is 2. The molecule has 106 valence electrons. The summed E-state index contributed by atoms with van der Waals surface area (Å²) in [5.41, 5.74) is 2.96. The van der Waals surface area contributed by atoms with Gasteiger partial charge in [0.1, 0.15) is 0 Å². The Bertz CT molecular complexity index is 766. The molecule has 2 N–H and O–H groups in total. The maximum Gasteiger partial charge on any atom is 0.160 e. The number of rotatable bonds is 4. The van der Waals surface area contributed by atoms with E-state index in [1.807, 2.05) is 42.5 Å². The van der Waals surface area contributed by atoms with E-state index in [1.54, 1.807) is 19.4 Å². The normalized spacial score (nSPS) is 10.5. The monoisotopic (exact) mass is 280 g/mol. The molecule has 4 nitrogen and oxygen atoms in total. The van der Waals surface area contributed by atoms with E-state index in [0.29, 0.717) is 12.3 Å². The van der Waals surface area contributed by atoms with Crippen LogP contribution in [-0.4, -0.2) is 17.2 Å². The fourth-order valence-electron chi connectivity index (χ4n) is 2.28. The van der Waals surface area contributed by atoms with Gasteiger partial charge < -0.3 is 15.2 Å². The molecule has 0 saturated carbocycles. The molecule has 1 aromatic heterocycles. The van der Waals surface area contributed by atoms with Gasteiger partial charge in [0.2, 0.25) is 0 Å². The van der Waals surface area contributed by atoms with Crippen molar-refractivity contribution < 1.29 is 9.84 Å². The summed E-state index contributed by atoms with van der Waals surface area (Å²) in [7, 11) is 1.54. The van der Waals surface area contributed by atoms with Gasteiger partial charge in [-0.25, -0.2) is 0 Å². The number of hydrogen-bond donors (Lipinski definition) is 2. The molecule has 3 aromatic rings. The third-order valence-electron chi connectivity index (χ3n) is 3.36. The van der Waals surface area contributed by atoms with Crippen LogP contribution in [0.3, 0.4) is 0 Å². The molecule has 1 heterocycles. The van der Waals surface area contributed by atoms with Crippen LogP contribution >= 0.6 is 0 Å². The second-order valence-electron chi connectivity index (χ2n) is 4.74. The lowest BCUT2D eigenvalue weighted by molar-refractivity contribution is 0.373. The van der Waals surface area contributed by atoms with Crippen molar-refractivity contribution in [2.75, 3.05) is 12.4 Å². The van der Waals surface area contributed by atoms with Gasteiger partial charge in [-0.05, 0) is 29.8 Å². The molecule has 2 aromatic carbocycles. The molecule has 4 heteroatoms. The molecular weight excluding hydrogens is 264 g/mol. The summed E-state index contributed by atoms with van der Waals surface area (Å²) >= 11 is 0. The first-order valence-corrected chi connectivity index (χ1v) is 6.71. The Kier molecular flexibility index (Phi) is 3.60. The number of para-hydroxylation sites is 1. The standard InChI is InChI=1S/C17H16N2O2/c1-21-16-10-12(7-8-15(16)20)11-19-14-6-2-4-13-5-3-9-18-17(13)14/h2-10,19-20H,11H2,1H3. The van der Waals surface area contributed by atoms with Crippen LogP contribution in [-0.2, 0) is 6.54 Å². The third kappa shape index (κ3) is 2.74. The highest BCUT2D eigenvalue weighted by atomic mass is 16.5. The minimum absolute atomic E-state index is 0.146. The molecular formula is C17H16N2O2. The molecule has 0 amide bonds. The zero-order valence-electron chi connectivity index (χ0n) is 11.7. The first kappa shape index (κ1) is 13.2. The van der Waals surface area contributed by atoms with Gasteiger partial charge in [-0.2, -0.15) is 0 Å². The van der Waals surface area contributed by atoms with E-state index in [0.717, 1.165) is 22.2 Å². The lowest BCUT2D eigenvalue weighted by atomic mass is 10.1. The van der Waals surface area contributed by atoms with Crippen molar-refractivity contribution in [3.05, 3.63) is 60.3 Å². The summed E-state index contributed by atoms with van der Waals surface area (Å²) in [6.07, 6.45) is 1.79. The number of pyridine rings is 1. The minimum Gasteiger partial charge on any atom is -0.504 e. The molecule has 3 rings (SSSR count). The summed E-state index contributed by atoms with van der Waals surface area (Å²) in [6, 6.07) is 15.3. The number of nitrogens with zero attached hydrogens (tertiary/aromatic N) is 1. The Morgan fingerprint density at radius 1 is 1.14 bits per heavy atom. The Morgan fingerprint density at radius 3 is 2.86 bits per heavy atom. The van der Waals surface area contributed by atoms with Crippen LogP contribution in [0.5, 0.6) is 11.5 Å². The molecule has 0 aliphatic carbocycles.